The molecule has 0 radical (unpaired) electrons. The molecule has 5 atom stereocenters. The molecule has 6 nitrogen and oxygen atoms in total. The second-order valence-corrected chi connectivity index (χ2v) is 4.94. The SMILES string of the molecule is CO[C@H]1[C@@H](OC(C)=O)[C@@H](OC(C)=O)[C@@H](C)O[C@@H]1Br. The lowest BCUT2D eigenvalue weighted by atomic mass is 10.0. The van der Waals surface area contributed by atoms with Crippen molar-refractivity contribution in [2.24, 2.45) is 0 Å². The van der Waals surface area contributed by atoms with Gasteiger partial charge in [-0.25, -0.2) is 0 Å². The summed E-state index contributed by atoms with van der Waals surface area (Å²) in [7, 11) is 1.47. The molecule has 104 valence electrons. The van der Waals surface area contributed by atoms with Gasteiger partial charge in [0.15, 0.2) is 12.2 Å². The Morgan fingerprint density at radius 2 is 1.56 bits per heavy atom. The van der Waals surface area contributed by atoms with E-state index in [1.54, 1.807) is 6.92 Å². The van der Waals surface area contributed by atoms with E-state index in [1.807, 2.05) is 0 Å². The zero-order chi connectivity index (χ0) is 13.9. The summed E-state index contributed by atoms with van der Waals surface area (Å²) < 4.78 is 21.1. The third-order valence-corrected chi connectivity index (χ3v) is 3.33. The van der Waals surface area contributed by atoms with Crippen molar-refractivity contribution in [2.75, 3.05) is 7.11 Å². The molecule has 0 amide bonds. The Kier molecular flexibility index (Phi) is 5.55. The molecule has 1 fully saturated rings. The van der Waals surface area contributed by atoms with Gasteiger partial charge in [0.1, 0.15) is 11.1 Å². The number of rotatable bonds is 3. The molecular formula is C11H17BrO6. The quantitative estimate of drug-likeness (QED) is 0.570. The molecule has 7 heteroatoms. The lowest BCUT2D eigenvalue weighted by molar-refractivity contribution is -0.225. The summed E-state index contributed by atoms with van der Waals surface area (Å²) in [5.41, 5.74) is 0. The summed E-state index contributed by atoms with van der Waals surface area (Å²) >= 11 is 3.30. The molecule has 18 heavy (non-hydrogen) atoms. The van der Waals surface area contributed by atoms with Crippen molar-refractivity contribution >= 4 is 27.9 Å². The van der Waals surface area contributed by atoms with Crippen molar-refractivity contribution in [1.29, 1.82) is 0 Å². The summed E-state index contributed by atoms with van der Waals surface area (Å²) in [6.07, 6.45) is -2.35. The van der Waals surface area contributed by atoms with Gasteiger partial charge in [0.25, 0.3) is 0 Å². The number of hydrogen-bond donors (Lipinski definition) is 0. The first-order valence-electron chi connectivity index (χ1n) is 5.53. The Bertz CT molecular complexity index is 321. The maximum Gasteiger partial charge on any atom is 0.303 e. The molecule has 1 aliphatic heterocycles. The smallest absolute Gasteiger partial charge is 0.303 e. The number of ether oxygens (including phenoxy) is 4. The fourth-order valence-corrected chi connectivity index (χ4v) is 2.74. The van der Waals surface area contributed by atoms with Crippen LogP contribution in [0.2, 0.25) is 0 Å². The summed E-state index contributed by atoms with van der Waals surface area (Å²) in [5, 5.41) is -0.436. The number of alkyl halides is 1. The van der Waals surface area contributed by atoms with E-state index in [4.69, 9.17) is 18.9 Å². The van der Waals surface area contributed by atoms with Crippen LogP contribution < -0.4 is 0 Å². The average Bonchev–Trinajstić information content (AvgIpc) is 2.23. The highest BCUT2D eigenvalue weighted by Gasteiger charge is 2.47. The summed E-state index contributed by atoms with van der Waals surface area (Å²) in [5.74, 6) is -0.927. The third kappa shape index (κ3) is 3.66. The number of hydrogen-bond acceptors (Lipinski definition) is 6. The van der Waals surface area contributed by atoms with Crippen LogP contribution in [-0.4, -0.2) is 48.5 Å². The molecule has 0 bridgehead atoms. The highest BCUT2D eigenvalue weighted by atomic mass is 79.9. The number of carbonyl (C=O) groups is 2. The normalized spacial score (nSPS) is 35.9. The van der Waals surface area contributed by atoms with Gasteiger partial charge in [-0.1, -0.05) is 15.9 Å². The van der Waals surface area contributed by atoms with Crippen molar-refractivity contribution in [2.45, 2.75) is 50.2 Å². The molecule has 1 saturated heterocycles. The number of carbonyl (C=O) groups excluding carboxylic acids is 2. The second kappa shape index (κ2) is 6.49. The van der Waals surface area contributed by atoms with Crippen LogP contribution in [0, 0.1) is 0 Å². The fourth-order valence-electron chi connectivity index (χ4n) is 1.88. The molecule has 0 aromatic rings. The minimum atomic E-state index is -0.704. The minimum Gasteiger partial charge on any atom is -0.456 e. The highest BCUT2D eigenvalue weighted by Crippen LogP contribution is 2.30. The number of halogens is 1. The maximum absolute atomic E-state index is 11.1. The zero-order valence-corrected chi connectivity index (χ0v) is 12.3. The molecule has 1 heterocycles. The van der Waals surface area contributed by atoms with Gasteiger partial charge in [0, 0.05) is 21.0 Å². The van der Waals surface area contributed by atoms with E-state index in [0.29, 0.717) is 0 Å². The number of methoxy groups -OCH3 is 1. The fraction of sp³-hybridized carbons (Fsp3) is 0.818. The van der Waals surface area contributed by atoms with Crippen LogP contribution in [0.5, 0.6) is 0 Å². The van der Waals surface area contributed by atoms with Crippen LogP contribution in [0.1, 0.15) is 20.8 Å². The lowest BCUT2D eigenvalue weighted by Gasteiger charge is -2.41. The zero-order valence-electron chi connectivity index (χ0n) is 10.7. The highest BCUT2D eigenvalue weighted by molar-refractivity contribution is 9.09. The van der Waals surface area contributed by atoms with Crippen molar-refractivity contribution in [3.8, 4) is 0 Å². The molecule has 0 aromatic heterocycles. The summed E-state index contributed by atoms with van der Waals surface area (Å²) in [4.78, 5) is 22.2. The topological polar surface area (TPSA) is 71.1 Å². The lowest BCUT2D eigenvalue weighted by Crippen LogP contribution is -2.58. The average molecular weight is 325 g/mol. The molecule has 0 N–H and O–H groups in total. The van der Waals surface area contributed by atoms with Gasteiger partial charge < -0.3 is 18.9 Å². The van der Waals surface area contributed by atoms with Crippen LogP contribution in [0.25, 0.3) is 0 Å². The van der Waals surface area contributed by atoms with Crippen LogP contribution >= 0.6 is 15.9 Å². The van der Waals surface area contributed by atoms with Crippen LogP contribution in [0.15, 0.2) is 0 Å². The Hall–Kier alpha value is -0.660. The van der Waals surface area contributed by atoms with E-state index >= 15 is 0 Å². The molecule has 0 unspecified atom stereocenters. The van der Waals surface area contributed by atoms with Crippen LogP contribution in [0.3, 0.4) is 0 Å². The van der Waals surface area contributed by atoms with Crippen molar-refractivity contribution in [3.05, 3.63) is 0 Å². The van der Waals surface area contributed by atoms with Gasteiger partial charge in [0.05, 0.1) is 6.10 Å². The van der Waals surface area contributed by atoms with Gasteiger partial charge in [-0.15, -0.1) is 0 Å². The van der Waals surface area contributed by atoms with Gasteiger partial charge in [0.2, 0.25) is 0 Å². The summed E-state index contributed by atoms with van der Waals surface area (Å²) in [6, 6.07) is 0. The van der Waals surface area contributed by atoms with E-state index in [2.05, 4.69) is 15.9 Å². The predicted molar refractivity (Wildman–Crippen MR) is 65.2 cm³/mol. The molecule has 0 aromatic carbocycles. The van der Waals surface area contributed by atoms with Gasteiger partial charge >= 0.3 is 11.9 Å². The van der Waals surface area contributed by atoms with Crippen molar-refractivity contribution in [1.82, 2.24) is 0 Å². The molecular weight excluding hydrogens is 308 g/mol. The number of esters is 2. The Balaban J connectivity index is 2.93. The summed E-state index contributed by atoms with van der Waals surface area (Å²) in [6.45, 7) is 4.32. The molecule has 0 saturated carbocycles. The maximum atomic E-state index is 11.1. The van der Waals surface area contributed by atoms with E-state index in [1.165, 1.54) is 21.0 Å². The second-order valence-electron chi connectivity index (χ2n) is 4.04. The van der Waals surface area contributed by atoms with E-state index < -0.39 is 41.4 Å². The van der Waals surface area contributed by atoms with Crippen LogP contribution in [-0.2, 0) is 28.5 Å². The van der Waals surface area contributed by atoms with Crippen molar-refractivity contribution < 1.29 is 28.5 Å². The molecule has 0 spiro atoms. The van der Waals surface area contributed by atoms with Gasteiger partial charge in [-0.2, -0.15) is 0 Å². The van der Waals surface area contributed by atoms with Gasteiger partial charge in [-0.3, -0.25) is 9.59 Å². The van der Waals surface area contributed by atoms with E-state index in [9.17, 15) is 9.59 Å². The monoisotopic (exact) mass is 324 g/mol. The molecule has 1 aliphatic rings. The first-order chi connectivity index (χ1) is 8.36. The largest absolute Gasteiger partial charge is 0.456 e. The van der Waals surface area contributed by atoms with Gasteiger partial charge in [-0.05, 0) is 6.92 Å². The standard InChI is InChI=1S/C11H17BrO6/c1-5-8(17-6(2)13)9(18-7(3)14)10(15-4)11(12)16-5/h5,8-11H,1-4H3/t5-,8+,9+,10+,11+/m1/s1. The Morgan fingerprint density at radius 3 is 2.00 bits per heavy atom. The first kappa shape index (κ1) is 15.4. The van der Waals surface area contributed by atoms with Crippen molar-refractivity contribution in [3.63, 3.8) is 0 Å². The first-order valence-corrected chi connectivity index (χ1v) is 6.45. The minimum absolute atomic E-state index is 0.408. The van der Waals surface area contributed by atoms with E-state index in [0.717, 1.165) is 0 Å². The Morgan fingerprint density at radius 1 is 1.06 bits per heavy atom. The molecule has 0 aliphatic carbocycles. The van der Waals surface area contributed by atoms with Crippen LogP contribution in [0.4, 0.5) is 0 Å². The van der Waals surface area contributed by atoms with E-state index in [-0.39, 0.29) is 0 Å². The molecule has 1 rings (SSSR count). The Labute approximate surface area is 114 Å². The predicted octanol–water partition coefficient (Wildman–Crippen LogP) is 1.00. The third-order valence-electron chi connectivity index (χ3n) is 2.59.